The summed E-state index contributed by atoms with van der Waals surface area (Å²) in [4.78, 5) is 0. The predicted octanol–water partition coefficient (Wildman–Crippen LogP) is 5.93. The maximum absolute atomic E-state index is 10.7. The fourth-order valence-corrected chi connectivity index (χ4v) is 3.61. The first-order valence-corrected chi connectivity index (χ1v) is 9.91. The van der Waals surface area contributed by atoms with Crippen molar-refractivity contribution in [2.45, 2.75) is 71.0 Å². The van der Waals surface area contributed by atoms with Crippen LogP contribution in [-0.2, 0) is 16.6 Å². The van der Waals surface area contributed by atoms with Crippen LogP contribution in [0.5, 0.6) is 5.75 Å². The minimum Gasteiger partial charge on any atom is -0.507 e. The van der Waals surface area contributed by atoms with Gasteiger partial charge in [-0.1, -0.05) is 53.7 Å². The number of hydrogen-bond acceptors (Lipinski definition) is 3. The Kier molecular flexibility index (Phi) is 7.20. The quantitative estimate of drug-likeness (QED) is 0.494. The van der Waals surface area contributed by atoms with Crippen molar-refractivity contribution >= 4 is 24.4 Å². The molecule has 3 heteroatoms. The molecule has 1 aromatic carbocycles. The number of phenols is 1. The van der Waals surface area contributed by atoms with Gasteiger partial charge in [-0.2, -0.15) is 24.4 Å². The molecule has 0 aromatic heterocycles. The van der Waals surface area contributed by atoms with Gasteiger partial charge in [0, 0.05) is 5.75 Å². The van der Waals surface area contributed by atoms with E-state index in [1.165, 1.54) is 24.2 Å². The molecule has 0 bridgehead atoms. The molecule has 0 atom stereocenters. The number of unbranched alkanes of at least 4 members (excludes halogenated alkanes) is 1. The van der Waals surface area contributed by atoms with Crippen LogP contribution in [0.1, 0.15) is 71.1 Å². The lowest BCUT2D eigenvalue weighted by Gasteiger charge is -2.28. The number of aromatic hydroxyl groups is 1. The van der Waals surface area contributed by atoms with Crippen LogP contribution >= 0.6 is 24.4 Å². The van der Waals surface area contributed by atoms with Gasteiger partial charge >= 0.3 is 0 Å². The van der Waals surface area contributed by atoms with E-state index in [1.807, 2.05) is 11.8 Å². The maximum Gasteiger partial charge on any atom is 0.123 e. The van der Waals surface area contributed by atoms with E-state index in [9.17, 15) is 5.11 Å². The van der Waals surface area contributed by atoms with Crippen LogP contribution in [-0.4, -0.2) is 16.6 Å². The highest BCUT2D eigenvalue weighted by molar-refractivity contribution is 7.98. The summed E-state index contributed by atoms with van der Waals surface area (Å²) in [5.41, 5.74) is 3.36. The molecule has 0 radical (unpaired) electrons. The van der Waals surface area contributed by atoms with Gasteiger partial charge in [0.2, 0.25) is 0 Å². The summed E-state index contributed by atoms with van der Waals surface area (Å²) in [6.07, 6.45) is 2.41. The van der Waals surface area contributed by atoms with Gasteiger partial charge in [-0.25, -0.2) is 0 Å². The molecule has 0 heterocycles. The average molecular weight is 341 g/mol. The van der Waals surface area contributed by atoms with Gasteiger partial charge in [0.15, 0.2) is 0 Å². The normalized spacial score (nSPS) is 12.7. The minimum absolute atomic E-state index is 0.0449. The molecule has 0 aliphatic heterocycles. The van der Waals surface area contributed by atoms with Crippen molar-refractivity contribution in [3.8, 4) is 5.75 Å². The summed E-state index contributed by atoms with van der Waals surface area (Å²) >= 11 is 6.23. The molecular weight excluding hydrogens is 308 g/mol. The van der Waals surface area contributed by atoms with Gasteiger partial charge in [-0.3, -0.25) is 0 Å². The number of benzene rings is 1. The number of thioether (sulfide) groups is 1. The summed E-state index contributed by atoms with van der Waals surface area (Å²) < 4.78 is 0. The Morgan fingerprint density at radius 1 is 0.955 bits per heavy atom. The van der Waals surface area contributed by atoms with E-state index in [0.717, 1.165) is 22.6 Å². The first-order chi connectivity index (χ1) is 10.1. The second-order valence-electron chi connectivity index (χ2n) is 8.02. The van der Waals surface area contributed by atoms with Crippen LogP contribution in [0.3, 0.4) is 0 Å². The zero-order valence-electron chi connectivity index (χ0n) is 15.0. The average Bonchev–Trinajstić information content (AvgIpc) is 2.37. The topological polar surface area (TPSA) is 20.2 Å². The molecule has 0 aliphatic carbocycles. The molecule has 0 saturated heterocycles. The Hall–Kier alpha value is -0.280. The molecule has 0 spiro atoms. The summed E-state index contributed by atoms with van der Waals surface area (Å²) in [6, 6.07) is 4.38. The second-order valence-corrected chi connectivity index (χ2v) is 9.58. The van der Waals surface area contributed by atoms with Gasteiger partial charge in [0.05, 0.1) is 0 Å². The van der Waals surface area contributed by atoms with Crippen molar-refractivity contribution in [3.63, 3.8) is 0 Å². The third-order valence-corrected chi connectivity index (χ3v) is 5.18. The predicted molar refractivity (Wildman–Crippen MR) is 105 cm³/mol. The Labute approximate surface area is 146 Å². The highest BCUT2D eigenvalue weighted by Crippen LogP contribution is 2.40. The van der Waals surface area contributed by atoms with Gasteiger partial charge < -0.3 is 5.11 Å². The van der Waals surface area contributed by atoms with Crippen LogP contribution in [0.2, 0.25) is 0 Å². The van der Waals surface area contributed by atoms with Crippen molar-refractivity contribution in [2.75, 3.05) is 11.5 Å². The van der Waals surface area contributed by atoms with E-state index in [0.29, 0.717) is 5.75 Å². The van der Waals surface area contributed by atoms with Gasteiger partial charge in [0.25, 0.3) is 0 Å². The van der Waals surface area contributed by atoms with Gasteiger partial charge in [-0.15, -0.1) is 0 Å². The summed E-state index contributed by atoms with van der Waals surface area (Å²) in [5, 5.41) is 10.7. The molecule has 0 amide bonds. The van der Waals surface area contributed by atoms with Crippen molar-refractivity contribution in [3.05, 3.63) is 28.8 Å². The molecule has 126 valence electrons. The maximum atomic E-state index is 10.7. The number of phenolic OH excluding ortho intramolecular Hbond substituents is 1. The van der Waals surface area contributed by atoms with Crippen LogP contribution < -0.4 is 0 Å². The molecule has 1 N–H and O–H groups in total. The Bertz CT molecular complexity index is 446. The van der Waals surface area contributed by atoms with Crippen LogP contribution in [0.25, 0.3) is 0 Å². The van der Waals surface area contributed by atoms with Gasteiger partial charge in [-0.05, 0) is 51.9 Å². The lowest BCUT2D eigenvalue weighted by molar-refractivity contribution is 0.423. The van der Waals surface area contributed by atoms with E-state index in [-0.39, 0.29) is 10.8 Å². The molecule has 1 nitrogen and oxygen atoms in total. The Balaban J connectivity index is 3.03. The smallest absolute Gasteiger partial charge is 0.123 e. The zero-order chi connectivity index (χ0) is 17.0. The summed E-state index contributed by atoms with van der Waals surface area (Å²) in [6.45, 7) is 13.0. The van der Waals surface area contributed by atoms with E-state index < -0.39 is 0 Å². The van der Waals surface area contributed by atoms with Crippen LogP contribution in [0, 0.1) is 0 Å². The fourth-order valence-electron chi connectivity index (χ4n) is 2.43. The summed E-state index contributed by atoms with van der Waals surface area (Å²) in [5.74, 6) is 3.64. The fraction of sp³-hybridized carbons (Fsp3) is 0.684. The van der Waals surface area contributed by atoms with E-state index in [2.05, 4.69) is 66.3 Å². The molecule has 1 aromatic rings. The van der Waals surface area contributed by atoms with Crippen molar-refractivity contribution < 1.29 is 5.11 Å². The van der Waals surface area contributed by atoms with E-state index >= 15 is 0 Å². The monoisotopic (exact) mass is 340 g/mol. The Morgan fingerprint density at radius 2 is 1.45 bits per heavy atom. The lowest BCUT2D eigenvalue weighted by atomic mass is 9.78. The third-order valence-electron chi connectivity index (χ3n) is 3.75. The van der Waals surface area contributed by atoms with Crippen LogP contribution in [0.4, 0.5) is 0 Å². The SMILES string of the molecule is CC(C)(C)c1cc(CSCCCCS)cc(C(C)(C)C)c1O. The Morgan fingerprint density at radius 3 is 1.86 bits per heavy atom. The van der Waals surface area contributed by atoms with Crippen LogP contribution in [0.15, 0.2) is 12.1 Å². The van der Waals surface area contributed by atoms with Gasteiger partial charge in [0.1, 0.15) is 5.75 Å². The van der Waals surface area contributed by atoms with E-state index in [4.69, 9.17) is 0 Å². The standard InChI is InChI=1S/C19H32OS2/c1-18(2,3)15-11-14(13-22-10-8-7-9-21)12-16(17(15)20)19(4,5)6/h11-12,20-21H,7-10,13H2,1-6H3. The summed E-state index contributed by atoms with van der Waals surface area (Å²) in [7, 11) is 0. The molecule has 0 saturated carbocycles. The molecule has 0 unspecified atom stereocenters. The third kappa shape index (κ3) is 5.73. The lowest BCUT2D eigenvalue weighted by Crippen LogP contribution is -2.17. The second kappa shape index (κ2) is 8.01. The molecule has 22 heavy (non-hydrogen) atoms. The molecule has 0 fully saturated rings. The zero-order valence-corrected chi connectivity index (χ0v) is 16.7. The van der Waals surface area contributed by atoms with Crippen molar-refractivity contribution in [2.24, 2.45) is 0 Å². The number of thiol groups is 1. The molecule has 1 rings (SSSR count). The largest absolute Gasteiger partial charge is 0.507 e. The molecular formula is C19H32OS2. The van der Waals surface area contributed by atoms with Crippen molar-refractivity contribution in [1.29, 1.82) is 0 Å². The molecule has 0 aliphatic rings. The number of hydrogen-bond donors (Lipinski definition) is 2. The highest BCUT2D eigenvalue weighted by atomic mass is 32.2. The highest BCUT2D eigenvalue weighted by Gasteiger charge is 2.26. The first-order valence-electron chi connectivity index (χ1n) is 8.13. The van der Waals surface area contributed by atoms with E-state index in [1.54, 1.807) is 0 Å². The minimum atomic E-state index is -0.0449. The van der Waals surface area contributed by atoms with Crippen molar-refractivity contribution in [1.82, 2.24) is 0 Å². The first kappa shape index (κ1) is 19.8. The number of rotatable bonds is 6.